The Bertz CT molecular complexity index is 808. The van der Waals surface area contributed by atoms with Crippen LogP contribution in [0, 0.1) is 26.7 Å². The number of pyridine rings is 1. The fourth-order valence-corrected chi connectivity index (χ4v) is 2.35. The number of fused-ring (bicyclic) bond motifs is 2. The molecule has 2 aromatic carbocycles. The quantitative estimate of drug-likeness (QED) is 0.274. The topological polar surface area (TPSA) is 93.9 Å². The van der Waals surface area contributed by atoms with E-state index in [2.05, 4.69) is 10.6 Å². The van der Waals surface area contributed by atoms with E-state index in [-0.39, 0.29) is 0 Å². The number of nitrogens with zero attached hydrogens (tertiary/aromatic N) is 3. The maximum absolute atomic E-state index is 9.37. The van der Waals surface area contributed by atoms with E-state index in [1.165, 1.54) is 0 Å². The van der Waals surface area contributed by atoms with E-state index in [9.17, 15) is 5.26 Å². The molecule has 21 heavy (non-hydrogen) atoms. The van der Waals surface area contributed by atoms with Crippen LogP contribution in [-0.4, -0.2) is 5.09 Å². The molecular weight excluding hydrogens is 270 g/mol. The molecule has 0 saturated carbocycles. The van der Waals surface area contributed by atoms with Crippen LogP contribution >= 0.6 is 0 Å². The Morgan fingerprint density at radius 3 is 1.76 bits per heavy atom. The molecule has 0 aliphatic carbocycles. The number of para-hydroxylation sites is 2. The van der Waals surface area contributed by atoms with Crippen molar-refractivity contribution < 1.29 is 9.65 Å². The lowest BCUT2D eigenvalue weighted by molar-refractivity contribution is -0.617. The maximum Gasteiger partial charge on any atom is 0.214 e. The normalized spacial score (nSPS) is 9.71. The first kappa shape index (κ1) is 14.2. The zero-order chi connectivity index (χ0) is 15.4. The molecule has 0 spiro atoms. The second kappa shape index (κ2) is 5.84. The minimum Gasteiger partial charge on any atom is -0.356 e. The van der Waals surface area contributed by atoms with Crippen molar-refractivity contribution in [2.45, 2.75) is 0 Å². The van der Waals surface area contributed by atoms with Crippen LogP contribution < -0.4 is 4.57 Å². The molecule has 1 aromatic heterocycles. The second-order valence-corrected chi connectivity index (χ2v) is 4.30. The van der Waals surface area contributed by atoms with Gasteiger partial charge >= 0.3 is 0 Å². The number of rotatable bonds is 0. The third kappa shape index (κ3) is 2.72. The molecule has 0 atom stereocenters. The van der Waals surface area contributed by atoms with E-state index in [1.54, 1.807) is 0 Å². The number of aromatic nitrogens is 1. The Hall–Kier alpha value is -3.20. The van der Waals surface area contributed by atoms with Gasteiger partial charge in [0.05, 0.1) is 21.4 Å². The highest BCUT2D eigenvalue weighted by Gasteiger charge is 2.16. The largest absolute Gasteiger partial charge is 0.356 e. The van der Waals surface area contributed by atoms with Crippen LogP contribution in [0.2, 0.25) is 0 Å². The summed E-state index contributed by atoms with van der Waals surface area (Å²) in [5, 5.41) is 26.1. The molecule has 0 saturated heterocycles. The van der Waals surface area contributed by atoms with Crippen LogP contribution in [0.3, 0.4) is 0 Å². The highest BCUT2D eigenvalue weighted by atomic mass is 16.9. The first-order valence-corrected chi connectivity index (χ1v) is 6.07. The van der Waals surface area contributed by atoms with Crippen molar-refractivity contribution in [3.8, 4) is 6.07 Å². The van der Waals surface area contributed by atoms with Gasteiger partial charge in [-0.2, -0.15) is 9.83 Å². The molecule has 6 heteroatoms. The van der Waals surface area contributed by atoms with E-state index in [1.807, 2.05) is 55.6 Å². The van der Waals surface area contributed by atoms with Gasteiger partial charge in [0.25, 0.3) is 0 Å². The monoisotopic (exact) mass is 281 g/mol. The minimum absolute atomic E-state index is 0.759. The van der Waals surface area contributed by atoms with E-state index in [0.29, 0.717) is 0 Å². The van der Waals surface area contributed by atoms with Gasteiger partial charge < -0.3 is 15.3 Å². The van der Waals surface area contributed by atoms with Crippen molar-refractivity contribution in [3.05, 3.63) is 69.4 Å². The fraction of sp³-hybridized carbons (Fsp3) is 0.0667. The molecule has 3 aromatic rings. The smallest absolute Gasteiger partial charge is 0.214 e. The van der Waals surface area contributed by atoms with E-state index in [4.69, 9.17) is 15.3 Å². The van der Waals surface area contributed by atoms with Crippen LogP contribution in [-0.2, 0) is 7.05 Å². The minimum atomic E-state index is -1.75. The molecule has 0 N–H and O–H groups in total. The average Bonchev–Trinajstić information content (AvgIpc) is 2.48. The zero-order valence-electron chi connectivity index (χ0n) is 11.2. The first-order chi connectivity index (χ1) is 10.1. The van der Waals surface area contributed by atoms with Gasteiger partial charge in [-0.25, -0.2) is 0 Å². The molecule has 1 heterocycles. The summed E-state index contributed by atoms with van der Waals surface area (Å²) in [7, 11) is 2.03. The lowest BCUT2D eigenvalue weighted by Crippen LogP contribution is -2.30. The van der Waals surface area contributed by atoms with Crippen LogP contribution in [0.1, 0.15) is 5.56 Å². The maximum atomic E-state index is 9.37. The van der Waals surface area contributed by atoms with Crippen LogP contribution in [0.5, 0.6) is 0 Å². The Balaban J connectivity index is 0.000000361. The number of hydrogen-bond acceptors (Lipinski definition) is 4. The predicted molar refractivity (Wildman–Crippen MR) is 77.7 cm³/mol. The molecule has 0 bridgehead atoms. The fourth-order valence-electron chi connectivity index (χ4n) is 2.35. The molecule has 0 unspecified atom stereocenters. The number of aryl methyl sites for hydroxylation is 1. The van der Waals surface area contributed by atoms with Crippen LogP contribution in [0.15, 0.2) is 48.5 Å². The average molecular weight is 281 g/mol. The zero-order valence-corrected chi connectivity index (χ0v) is 11.2. The van der Waals surface area contributed by atoms with Gasteiger partial charge in [-0.05, 0) is 12.1 Å². The van der Waals surface area contributed by atoms with E-state index >= 15 is 0 Å². The first-order valence-electron chi connectivity index (χ1n) is 6.07. The molecule has 0 amide bonds. The van der Waals surface area contributed by atoms with E-state index in [0.717, 1.165) is 27.4 Å². The molecule has 0 aliphatic heterocycles. The summed E-state index contributed by atoms with van der Waals surface area (Å²) >= 11 is 0. The van der Waals surface area contributed by atoms with Crippen molar-refractivity contribution in [1.29, 1.82) is 5.26 Å². The summed E-state index contributed by atoms with van der Waals surface area (Å²) in [6.45, 7) is 0. The van der Waals surface area contributed by atoms with Gasteiger partial charge in [0.15, 0.2) is 0 Å². The SMILES string of the molecule is C[n+]1c2ccccc2c(C#N)c2ccccc21.O=[N+]([O-])[O-]. The van der Waals surface area contributed by atoms with Gasteiger partial charge in [0.1, 0.15) is 13.1 Å². The Morgan fingerprint density at radius 2 is 1.38 bits per heavy atom. The van der Waals surface area contributed by atoms with Crippen molar-refractivity contribution in [2.24, 2.45) is 7.05 Å². The Kier molecular flexibility index (Phi) is 3.95. The summed E-state index contributed by atoms with van der Waals surface area (Å²) in [5.41, 5.74) is 2.93. The highest BCUT2D eigenvalue weighted by molar-refractivity contribution is 5.96. The molecule has 104 valence electrons. The molecule has 6 nitrogen and oxygen atoms in total. The summed E-state index contributed by atoms with van der Waals surface area (Å²) < 4.78 is 2.13. The highest BCUT2D eigenvalue weighted by Crippen LogP contribution is 2.23. The summed E-state index contributed by atoms with van der Waals surface area (Å²) in [6.07, 6.45) is 0. The molecule has 0 fully saturated rings. The van der Waals surface area contributed by atoms with Crippen molar-refractivity contribution in [1.82, 2.24) is 0 Å². The number of hydrogen-bond donors (Lipinski definition) is 0. The third-order valence-electron chi connectivity index (χ3n) is 3.18. The Morgan fingerprint density at radius 1 is 1.00 bits per heavy atom. The lowest BCUT2D eigenvalue weighted by atomic mass is 10.0. The summed E-state index contributed by atoms with van der Waals surface area (Å²) in [6, 6.07) is 18.4. The van der Waals surface area contributed by atoms with Gasteiger partial charge in [-0.1, -0.05) is 24.3 Å². The van der Waals surface area contributed by atoms with Gasteiger partial charge in [0, 0.05) is 12.1 Å². The van der Waals surface area contributed by atoms with Crippen molar-refractivity contribution in [2.75, 3.05) is 0 Å². The van der Waals surface area contributed by atoms with Crippen LogP contribution in [0.4, 0.5) is 0 Å². The molecule has 0 radical (unpaired) electrons. The predicted octanol–water partition coefficient (Wildman–Crippen LogP) is 2.45. The van der Waals surface area contributed by atoms with Crippen molar-refractivity contribution in [3.63, 3.8) is 0 Å². The molecule has 3 rings (SSSR count). The number of benzene rings is 2. The van der Waals surface area contributed by atoms with Gasteiger partial charge in [-0.3, -0.25) is 0 Å². The second-order valence-electron chi connectivity index (χ2n) is 4.30. The number of nitriles is 1. The molecule has 0 aliphatic rings. The molecular formula is C15H11N3O3. The van der Waals surface area contributed by atoms with Gasteiger partial charge in [0.2, 0.25) is 11.0 Å². The van der Waals surface area contributed by atoms with Crippen molar-refractivity contribution >= 4 is 21.8 Å². The van der Waals surface area contributed by atoms with Gasteiger partial charge in [-0.15, -0.1) is 0 Å². The summed E-state index contributed by atoms with van der Waals surface area (Å²) in [5.74, 6) is 0. The summed E-state index contributed by atoms with van der Waals surface area (Å²) in [4.78, 5) is 8.25. The lowest BCUT2D eigenvalue weighted by Gasteiger charge is -2.04. The third-order valence-corrected chi connectivity index (χ3v) is 3.18. The van der Waals surface area contributed by atoms with Crippen LogP contribution in [0.25, 0.3) is 21.8 Å². The van der Waals surface area contributed by atoms with E-state index < -0.39 is 5.09 Å². The standard InChI is InChI=1S/C15H11N2.NO3/c1-17-14-8-4-2-6-11(14)13(10-16)12-7-3-5-9-15(12)17;2-1(3)4/h2-9H,1H3;/q+1;-1. The Labute approximate surface area is 120 Å².